The molecule has 0 aromatic carbocycles. The SMILES string of the molecule is O=C(NCCCSCc1ccco1)c1cc2c([nH]c1=O)CCCC2. The van der Waals surface area contributed by atoms with Gasteiger partial charge in [0.15, 0.2) is 0 Å². The van der Waals surface area contributed by atoms with Crippen molar-refractivity contribution >= 4 is 17.7 Å². The largest absolute Gasteiger partial charge is 0.468 e. The maximum atomic E-state index is 12.2. The van der Waals surface area contributed by atoms with E-state index in [0.29, 0.717) is 6.54 Å². The van der Waals surface area contributed by atoms with Gasteiger partial charge in [-0.2, -0.15) is 11.8 Å². The molecule has 0 spiro atoms. The third-order valence-corrected chi connectivity index (χ3v) is 5.22. The van der Waals surface area contributed by atoms with Gasteiger partial charge in [0, 0.05) is 12.2 Å². The Morgan fingerprint density at radius 3 is 3.04 bits per heavy atom. The number of aromatic nitrogens is 1. The number of nitrogens with one attached hydrogen (secondary N) is 2. The van der Waals surface area contributed by atoms with Crippen LogP contribution in [0.4, 0.5) is 0 Å². The van der Waals surface area contributed by atoms with E-state index in [1.165, 1.54) is 0 Å². The van der Waals surface area contributed by atoms with Crippen LogP contribution >= 0.6 is 11.8 Å². The molecule has 6 heteroatoms. The Kier molecular flexibility index (Phi) is 5.80. The second-order valence-electron chi connectivity index (χ2n) is 5.96. The zero-order chi connectivity index (χ0) is 16.8. The van der Waals surface area contributed by atoms with Crippen molar-refractivity contribution in [2.45, 2.75) is 37.9 Å². The van der Waals surface area contributed by atoms with E-state index < -0.39 is 0 Å². The summed E-state index contributed by atoms with van der Waals surface area (Å²) in [4.78, 5) is 27.2. The number of thioether (sulfide) groups is 1. The zero-order valence-electron chi connectivity index (χ0n) is 13.6. The third-order valence-electron chi connectivity index (χ3n) is 4.16. The number of rotatable bonds is 7. The molecule has 0 fully saturated rings. The highest BCUT2D eigenvalue weighted by atomic mass is 32.2. The van der Waals surface area contributed by atoms with E-state index in [0.717, 1.165) is 60.6 Å². The third kappa shape index (κ3) is 4.32. The fourth-order valence-electron chi connectivity index (χ4n) is 2.88. The van der Waals surface area contributed by atoms with Gasteiger partial charge in [-0.3, -0.25) is 9.59 Å². The molecule has 0 radical (unpaired) electrons. The number of hydrogen-bond donors (Lipinski definition) is 2. The normalized spacial score (nSPS) is 13.5. The van der Waals surface area contributed by atoms with E-state index in [4.69, 9.17) is 4.42 Å². The fourth-order valence-corrected chi connectivity index (χ4v) is 3.74. The standard InChI is InChI=1S/C18H22N2O3S/c21-17(19-8-4-10-24-12-14-6-3-9-23-14)15-11-13-5-1-2-7-16(13)20-18(15)22/h3,6,9,11H,1-2,4-5,7-8,10,12H2,(H,19,21)(H,20,22). The van der Waals surface area contributed by atoms with Crippen molar-refractivity contribution in [1.29, 1.82) is 0 Å². The van der Waals surface area contributed by atoms with E-state index in [1.807, 2.05) is 12.1 Å². The van der Waals surface area contributed by atoms with Crippen LogP contribution in [-0.4, -0.2) is 23.2 Å². The molecule has 2 N–H and O–H groups in total. The van der Waals surface area contributed by atoms with E-state index in [9.17, 15) is 9.59 Å². The number of amides is 1. The van der Waals surface area contributed by atoms with Gasteiger partial charge in [0.05, 0.1) is 12.0 Å². The summed E-state index contributed by atoms with van der Waals surface area (Å²) in [5.74, 6) is 2.46. The van der Waals surface area contributed by atoms with Gasteiger partial charge in [-0.15, -0.1) is 0 Å². The van der Waals surface area contributed by atoms with Crippen molar-refractivity contribution in [2.75, 3.05) is 12.3 Å². The molecule has 1 amide bonds. The first kappa shape index (κ1) is 16.9. The van der Waals surface area contributed by atoms with Gasteiger partial charge in [-0.25, -0.2) is 0 Å². The predicted molar refractivity (Wildman–Crippen MR) is 95.5 cm³/mol. The van der Waals surface area contributed by atoms with E-state index in [-0.39, 0.29) is 17.0 Å². The molecule has 0 bridgehead atoms. The van der Waals surface area contributed by atoms with Gasteiger partial charge in [0.2, 0.25) is 0 Å². The Bertz CT molecular complexity index is 737. The number of aromatic amines is 1. The number of pyridine rings is 1. The van der Waals surface area contributed by atoms with Crippen LogP contribution in [0.25, 0.3) is 0 Å². The number of carbonyl (C=O) groups excluding carboxylic acids is 1. The average molecular weight is 346 g/mol. The maximum Gasteiger partial charge on any atom is 0.261 e. The van der Waals surface area contributed by atoms with Crippen molar-refractivity contribution < 1.29 is 9.21 Å². The highest BCUT2D eigenvalue weighted by molar-refractivity contribution is 7.98. The second kappa shape index (κ2) is 8.24. The topological polar surface area (TPSA) is 75.1 Å². The Morgan fingerprint density at radius 1 is 1.33 bits per heavy atom. The minimum atomic E-state index is -0.277. The number of H-pyrrole nitrogens is 1. The number of hydrogen-bond acceptors (Lipinski definition) is 4. The van der Waals surface area contributed by atoms with Crippen molar-refractivity contribution in [2.24, 2.45) is 0 Å². The maximum absolute atomic E-state index is 12.2. The van der Waals surface area contributed by atoms with E-state index in [2.05, 4.69) is 10.3 Å². The summed E-state index contributed by atoms with van der Waals surface area (Å²) in [7, 11) is 0. The molecule has 0 atom stereocenters. The molecular formula is C18H22N2O3S. The molecule has 128 valence electrons. The van der Waals surface area contributed by atoms with Crippen LogP contribution in [0.1, 0.15) is 46.6 Å². The Balaban J connectivity index is 1.44. The highest BCUT2D eigenvalue weighted by Crippen LogP contribution is 2.18. The summed E-state index contributed by atoms with van der Waals surface area (Å²) < 4.78 is 5.27. The lowest BCUT2D eigenvalue weighted by Gasteiger charge is -2.15. The zero-order valence-corrected chi connectivity index (χ0v) is 14.4. The highest BCUT2D eigenvalue weighted by Gasteiger charge is 2.16. The number of fused-ring (bicyclic) bond motifs is 1. The summed E-state index contributed by atoms with van der Waals surface area (Å²) in [6, 6.07) is 5.61. The lowest BCUT2D eigenvalue weighted by atomic mass is 9.95. The molecule has 0 aliphatic heterocycles. The number of carbonyl (C=O) groups is 1. The van der Waals surface area contributed by atoms with Crippen LogP contribution in [-0.2, 0) is 18.6 Å². The average Bonchev–Trinajstić information content (AvgIpc) is 3.10. The van der Waals surface area contributed by atoms with Crippen molar-refractivity contribution in [1.82, 2.24) is 10.3 Å². The first-order valence-electron chi connectivity index (χ1n) is 8.37. The van der Waals surface area contributed by atoms with Crippen molar-refractivity contribution in [3.8, 4) is 0 Å². The van der Waals surface area contributed by atoms with Gasteiger partial charge in [0.25, 0.3) is 11.5 Å². The second-order valence-corrected chi connectivity index (χ2v) is 7.07. The molecule has 2 aromatic heterocycles. The molecule has 24 heavy (non-hydrogen) atoms. The molecule has 3 rings (SSSR count). The van der Waals surface area contributed by atoms with Crippen LogP contribution in [0.2, 0.25) is 0 Å². The van der Waals surface area contributed by atoms with Crippen LogP contribution < -0.4 is 10.9 Å². The first-order chi connectivity index (χ1) is 11.7. The molecular weight excluding hydrogens is 324 g/mol. The molecule has 2 aromatic rings. The van der Waals surface area contributed by atoms with Crippen LogP contribution in [0.5, 0.6) is 0 Å². The van der Waals surface area contributed by atoms with Gasteiger partial charge < -0.3 is 14.7 Å². The predicted octanol–water partition coefficient (Wildman–Crippen LogP) is 2.90. The summed E-state index contributed by atoms with van der Waals surface area (Å²) >= 11 is 1.77. The molecule has 0 unspecified atom stereocenters. The summed E-state index contributed by atoms with van der Waals surface area (Å²) in [6.45, 7) is 0.570. The summed E-state index contributed by atoms with van der Waals surface area (Å²) in [5.41, 5.74) is 2.07. The van der Waals surface area contributed by atoms with Gasteiger partial charge in [-0.05, 0) is 61.6 Å². The molecule has 2 heterocycles. The van der Waals surface area contributed by atoms with Crippen molar-refractivity contribution in [3.63, 3.8) is 0 Å². The molecule has 5 nitrogen and oxygen atoms in total. The minimum absolute atomic E-state index is 0.235. The Labute approximate surface area is 145 Å². The smallest absolute Gasteiger partial charge is 0.261 e. The summed E-state index contributed by atoms with van der Waals surface area (Å²) in [5, 5.41) is 2.84. The van der Waals surface area contributed by atoms with Crippen molar-refractivity contribution in [3.05, 3.63) is 57.4 Å². The Hall–Kier alpha value is -1.95. The lowest BCUT2D eigenvalue weighted by Crippen LogP contribution is -2.31. The minimum Gasteiger partial charge on any atom is -0.468 e. The quantitative estimate of drug-likeness (QED) is 0.756. The van der Waals surface area contributed by atoms with Crippen LogP contribution in [0, 0.1) is 0 Å². The molecule has 1 aliphatic carbocycles. The first-order valence-corrected chi connectivity index (χ1v) is 9.53. The monoisotopic (exact) mass is 346 g/mol. The van der Waals surface area contributed by atoms with Crippen LogP contribution in [0.3, 0.4) is 0 Å². The van der Waals surface area contributed by atoms with Gasteiger partial charge >= 0.3 is 0 Å². The lowest BCUT2D eigenvalue weighted by molar-refractivity contribution is 0.0952. The Morgan fingerprint density at radius 2 is 2.21 bits per heavy atom. The number of furan rings is 1. The fraction of sp³-hybridized carbons (Fsp3) is 0.444. The van der Waals surface area contributed by atoms with E-state index in [1.54, 1.807) is 24.1 Å². The molecule has 1 aliphatic rings. The van der Waals surface area contributed by atoms with Gasteiger partial charge in [-0.1, -0.05) is 0 Å². The summed E-state index contributed by atoms with van der Waals surface area (Å²) in [6.07, 6.45) is 6.60. The molecule has 0 saturated carbocycles. The number of aryl methyl sites for hydroxylation is 2. The van der Waals surface area contributed by atoms with Crippen LogP contribution in [0.15, 0.2) is 33.7 Å². The molecule has 0 saturated heterocycles. The van der Waals surface area contributed by atoms with E-state index >= 15 is 0 Å². The van der Waals surface area contributed by atoms with Gasteiger partial charge in [0.1, 0.15) is 11.3 Å².